The monoisotopic (exact) mass is 1730 g/mol. The van der Waals surface area contributed by atoms with E-state index in [0.717, 1.165) is 124 Å². The Morgan fingerprint density at radius 3 is 1.09 bits per heavy atom. The molecule has 11 nitrogen and oxygen atoms in total. The number of likely N-dealkylation sites (tertiary alicyclic amines) is 2. The zero-order valence-corrected chi connectivity index (χ0v) is 75.5. The van der Waals surface area contributed by atoms with Crippen molar-refractivity contribution in [3.63, 3.8) is 0 Å². The van der Waals surface area contributed by atoms with Gasteiger partial charge in [-0.05, 0) is 235 Å². The van der Waals surface area contributed by atoms with Crippen LogP contribution < -0.4 is 5.32 Å². The predicted molar refractivity (Wildman–Crippen MR) is 522 cm³/mol. The molecule has 6 fully saturated rings. The Hall–Kier alpha value is -11.4. The number of hydrogen-bond donors (Lipinski definition) is 1. The van der Waals surface area contributed by atoms with Crippen molar-refractivity contribution in [3.8, 4) is 0 Å². The van der Waals surface area contributed by atoms with E-state index in [9.17, 15) is 19.2 Å². The first-order valence-corrected chi connectivity index (χ1v) is 45.7. The summed E-state index contributed by atoms with van der Waals surface area (Å²) in [7, 11) is 0. The largest absolute Gasteiger partial charge is 0.444 e. The molecule has 12 heteroatoms. The normalized spacial score (nSPS) is 18.8. The number of rotatable bonds is 22. The van der Waals surface area contributed by atoms with E-state index in [-0.39, 0.29) is 30.3 Å². The number of nitrogens with one attached hydrogen (secondary N) is 1. The Morgan fingerprint density at radius 2 is 0.712 bits per heavy atom. The van der Waals surface area contributed by atoms with Gasteiger partial charge in [0, 0.05) is 77.8 Å². The molecule has 0 aromatic heterocycles. The molecule has 0 radical (unpaired) electrons. The van der Waals surface area contributed by atoms with Crippen LogP contribution in [0, 0.1) is 11.8 Å². The molecule has 1 N–H and O–H groups in total. The number of ether oxygens (including phenoxy) is 2. The molecule has 0 spiro atoms. The van der Waals surface area contributed by atoms with Crippen molar-refractivity contribution < 1.29 is 28.7 Å². The van der Waals surface area contributed by atoms with Crippen LogP contribution in [0.5, 0.6) is 0 Å². The van der Waals surface area contributed by atoms with Crippen LogP contribution in [-0.2, 0) is 22.6 Å². The van der Waals surface area contributed by atoms with E-state index >= 15 is 0 Å². The third kappa shape index (κ3) is 31.4. The van der Waals surface area contributed by atoms with Crippen molar-refractivity contribution in [3.05, 3.63) is 398 Å². The molecule has 11 aromatic rings. The number of nitrogens with zero attached hydrogens (tertiary/aromatic N) is 4. The van der Waals surface area contributed by atoms with Crippen LogP contribution in [-0.4, -0.2) is 119 Å². The summed E-state index contributed by atoms with van der Waals surface area (Å²) in [6.07, 6.45) is 27.7. The topological polar surface area (TPSA) is 112 Å². The highest BCUT2D eigenvalue weighted by molar-refractivity contribution is 9.10. The van der Waals surface area contributed by atoms with E-state index < -0.39 is 11.2 Å². The highest BCUT2D eigenvalue weighted by Crippen LogP contribution is 2.52. The first-order chi connectivity index (χ1) is 60.8. The zero-order valence-electron chi connectivity index (χ0n) is 73.9. The number of carbonyl (C=O) groups is 4. The van der Waals surface area contributed by atoms with E-state index in [0.29, 0.717) is 29.0 Å². The Bertz CT molecular complexity index is 5190. The summed E-state index contributed by atoms with van der Waals surface area (Å²) in [5.74, 6) is 3.57. The molecule has 3 saturated heterocycles. The van der Waals surface area contributed by atoms with Crippen LogP contribution in [0.2, 0.25) is 0 Å². The maximum atomic E-state index is 13.4. The maximum absolute atomic E-state index is 13.4. The number of benzene rings is 11. The van der Waals surface area contributed by atoms with Gasteiger partial charge in [0.2, 0.25) is 0 Å². The quantitative estimate of drug-likeness (QED) is 0.0524. The van der Waals surface area contributed by atoms with Gasteiger partial charge in [-0.25, -0.2) is 9.59 Å². The average molecular weight is 1730 g/mol. The van der Waals surface area contributed by atoms with Gasteiger partial charge in [0.05, 0.1) is 0 Å². The van der Waals surface area contributed by atoms with E-state index in [2.05, 4.69) is 255 Å². The molecule has 3 aliphatic heterocycles. The number of hydrogen-bond acceptors (Lipinski definition) is 9. The average Bonchev–Trinajstić information content (AvgIpc) is 1.62. The van der Waals surface area contributed by atoms with Crippen molar-refractivity contribution in [2.75, 3.05) is 39.3 Å². The van der Waals surface area contributed by atoms with Gasteiger partial charge < -0.3 is 24.6 Å². The predicted octanol–water partition coefficient (Wildman–Crippen LogP) is 26.7. The molecular weight excluding hydrogens is 1600 g/mol. The van der Waals surface area contributed by atoms with E-state index in [4.69, 9.17) is 9.47 Å². The van der Waals surface area contributed by atoms with Crippen molar-refractivity contribution in [2.45, 2.75) is 172 Å². The SMILES string of the molecule is C(=C\c1cccc(CN2CCC(C[C@@H]3C[C@H]3c3ccccc3)CC2)c1)/c1ccccc1.C=Cc1ccccc1.CC(C)(C)OC(=O)N(C1CCN(Cc2cccc(/C=C/c3ccccc3)c2)CC1)[C@@H]1C[C@H]1c1ccccc1.CC(C)(C)OC(=O)N(C1CCNCC1)[C@@H]1C[C@H]1c1ccccc1.O=Cc1cccc(/C=C/c2ccccc2)c1.O=Cc1cccc(Br)c1. The molecule has 2 amide bonds. The summed E-state index contributed by atoms with van der Waals surface area (Å²) in [4.78, 5) is 56.2. The first kappa shape index (κ1) is 92.8. The highest BCUT2D eigenvalue weighted by atomic mass is 79.9. The van der Waals surface area contributed by atoms with Gasteiger partial charge in [-0.3, -0.25) is 19.4 Å². The Labute approximate surface area is 753 Å². The van der Waals surface area contributed by atoms with E-state index in [1.54, 1.807) is 23.8 Å². The fourth-order valence-corrected chi connectivity index (χ4v) is 17.4. The summed E-state index contributed by atoms with van der Waals surface area (Å²) >= 11 is 3.24. The number of halogens is 1. The minimum absolute atomic E-state index is 0.146. The second-order valence-electron chi connectivity index (χ2n) is 35.7. The molecule has 6 aliphatic rings. The molecule has 0 unspecified atom stereocenters. The van der Waals surface area contributed by atoms with Crippen molar-refractivity contribution in [2.24, 2.45) is 11.8 Å². The van der Waals surface area contributed by atoms with Crippen molar-refractivity contribution >= 4 is 83.2 Å². The lowest BCUT2D eigenvalue weighted by Gasteiger charge is -2.39. The maximum Gasteiger partial charge on any atom is 0.410 e. The number of piperidine rings is 3. The Morgan fingerprint density at radius 1 is 0.384 bits per heavy atom. The van der Waals surface area contributed by atoms with Gasteiger partial charge in [0.25, 0.3) is 0 Å². The standard InChI is InChI=1S/C34H40N2O2.C30H33N.C19H28N2O2.C15H12O.C8H8.C7H5BrO/c1-34(2,3)38-33(37)36(32-24-31(32)29-15-8-5-9-16-29)30-19-21-35(22-20-30)25-28-14-10-13-27(23-28)18-17-26-11-6-4-7-12-26;1-3-8-24(9-4-1)14-15-25-10-7-11-27(20-25)23-31-18-16-26(17-19-31)21-29-22-30(29)28-12-5-2-6-13-28;1-19(2,3)23-18(22)21(15-9-11-20-12-10-15)17-13-16(17)14-7-5-4-6-8-14;16-12-15-8-4-7-14(11-15)10-9-13-5-2-1-3-6-13;1-2-8-6-4-3-5-7-8;8-7-3-1-2-6(4-7)5-9/h4-18,23,30-32H,19-22,24-25H2,1-3H3;1-15,20,26,29-30H,16-19,21-23H2;4-8,15-17,20H,9-13H2,1-3H3;1-12H;2-7H,1H2;1-5H/b18-17+;15-14+;;10-9+;;/t31-,32+;29-,30+;16-,17+;;;/m010.../s1. The fourth-order valence-electron chi connectivity index (χ4n) is 17.0. The second-order valence-corrected chi connectivity index (χ2v) is 36.6. The van der Waals surface area contributed by atoms with E-state index in [1.165, 1.54) is 88.8 Å². The Kier molecular flexibility index (Phi) is 35.4. The summed E-state index contributed by atoms with van der Waals surface area (Å²) in [5.41, 5.74) is 15.8. The van der Waals surface area contributed by atoms with Crippen LogP contribution in [0.15, 0.2) is 320 Å². The lowest BCUT2D eigenvalue weighted by molar-refractivity contribution is 0.00466. The number of amides is 2. The molecule has 646 valence electrons. The van der Waals surface area contributed by atoms with Gasteiger partial charge in [0.15, 0.2) is 0 Å². The molecule has 3 heterocycles. The van der Waals surface area contributed by atoms with Gasteiger partial charge in [-0.1, -0.05) is 356 Å². The van der Waals surface area contributed by atoms with Crippen LogP contribution in [0.25, 0.3) is 42.5 Å². The highest BCUT2D eigenvalue weighted by Gasteiger charge is 2.50. The summed E-state index contributed by atoms with van der Waals surface area (Å²) in [6, 6.07) is 107. The lowest BCUT2D eigenvalue weighted by Crippen LogP contribution is -2.50. The third-order valence-corrected chi connectivity index (χ3v) is 24.1. The molecule has 3 aliphatic carbocycles. The van der Waals surface area contributed by atoms with E-state index in [1.807, 2.05) is 168 Å². The van der Waals surface area contributed by atoms with Crippen LogP contribution in [0.1, 0.15) is 211 Å². The minimum atomic E-state index is -0.493. The zero-order chi connectivity index (χ0) is 87.6. The van der Waals surface area contributed by atoms with Gasteiger partial charge in [-0.15, -0.1) is 0 Å². The fraction of sp³-hybridized carbons (Fsp3) is 0.310. The molecule has 3 saturated carbocycles. The number of carbonyl (C=O) groups excluding carboxylic acids is 4. The van der Waals surface area contributed by atoms with Gasteiger partial charge in [-0.2, -0.15) is 0 Å². The molecule has 17 rings (SSSR count). The summed E-state index contributed by atoms with van der Waals surface area (Å²) in [5, 5.41) is 3.38. The summed E-state index contributed by atoms with van der Waals surface area (Å²) < 4.78 is 12.5. The van der Waals surface area contributed by atoms with Crippen molar-refractivity contribution in [1.29, 1.82) is 0 Å². The van der Waals surface area contributed by atoms with Crippen LogP contribution in [0.3, 0.4) is 0 Å². The molecule has 11 aromatic carbocycles. The summed E-state index contributed by atoms with van der Waals surface area (Å²) in [6.45, 7) is 23.7. The lowest BCUT2D eigenvalue weighted by atomic mass is 9.90. The second kappa shape index (κ2) is 47.6. The molecule has 125 heavy (non-hydrogen) atoms. The molecule has 6 atom stereocenters. The van der Waals surface area contributed by atoms with Gasteiger partial charge in [0.1, 0.15) is 23.8 Å². The smallest absolute Gasteiger partial charge is 0.410 e. The molecule has 0 bridgehead atoms. The van der Waals surface area contributed by atoms with Crippen molar-refractivity contribution in [1.82, 2.24) is 24.9 Å². The first-order valence-electron chi connectivity index (χ1n) is 44.9. The molecular formula is C113H126BrN5O6. The van der Waals surface area contributed by atoms with Crippen LogP contribution in [0.4, 0.5) is 9.59 Å². The van der Waals surface area contributed by atoms with Crippen LogP contribution >= 0.6 is 15.9 Å². The number of aldehydes is 2. The van der Waals surface area contributed by atoms with Gasteiger partial charge >= 0.3 is 12.2 Å². The minimum Gasteiger partial charge on any atom is -0.444 e. The third-order valence-electron chi connectivity index (χ3n) is 23.6. The Balaban J connectivity index is 0.000000147.